The molecule has 1 amide bonds. The third-order valence-corrected chi connectivity index (χ3v) is 5.20. The van der Waals surface area contributed by atoms with E-state index in [9.17, 15) is 9.59 Å². The molecule has 1 aromatic heterocycles. The Morgan fingerprint density at radius 2 is 2.00 bits per heavy atom. The quantitative estimate of drug-likeness (QED) is 0.234. The topological polar surface area (TPSA) is 101 Å². The highest BCUT2D eigenvalue weighted by molar-refractivity contribution is 14.1. The van der Waals surface area contributed by atoms with Crippen molar-refractivity contribution in [1.29, 1.82) is 0 Å². The van der Waals surface area contributed by atoms with Gasteiger partial charge in [0.25, 0.3) is 0 Å². The summed E-state index contributed by atoms with van der Waals surface area (Å²) in [5.74, 6) is -1.15. The minimum atomic E-state index is -1.09. The first-order valence-electron chi connectivity index (χ1n) is 7.69. The van der Waals surface area contributed by atoms with Crippen molar-refractivity contribution in [1.82, 2.24) is 5.43 Å². The van der Waals surface area contributed by atoms with Crippen LogP contribution >= 0.6 is 54.5 Å². The largest absolute Gasteiger partial charge is 0.481 e. The number of carboxylic acid groups (broad SMARTS) is 1. The number of furan rings is 1. The molecule has 0 unspecified atom stereocenters. The third kappa shape index (κ3) is 5.11. The molecule has 0 aliphatic carbocycles. The number of carbonyl (C=O) groups is 2. The van der Waals surface area contributed by atoms with Crippen LogP contribution in [0.2, 0.25) is 0 Å². The van der Waals surface area contributed by atoms with E-state index in [4.69, 9.17) is 14.3 Å². The lowest BCUT2D eigenvalue weighted by atomic mass is 10.2. The van der Waals surface area contributed by atoms with Crippen LogP contribution in [0.25, 0.3) is 11.0 Å². The van der Waals surface area contributed by atoms with Crippen LogP contribution in [-0.4, -0.2) is 29.8 Å². The molecule has 2 aromatic carbocycles. The lowest BCUT2D eigenvalue weighted by molar-refractivity contribution is -0.139. The van der Waals surface area contributed by atoms with Gasteiger partial charge in [0.15, 0.2) is 12.4 Å². The lowest BCUT2D eigenvalue weighted by Gasteiger charge is -2.07. The molecule has 0 fully saturated rings. The molecule has 0 aliphatic rings. The summed E-state index contributed by atoms with van der Waals surface area (Å²) in [5.41, 5.74) is 3.51. The zero-order valence-electron chi connectivity index (χ0n) is 13.9. The molecule has 28 heavy (non-hydrogen) atoms. The van der Waals surface area contributed by atoms with E-state index in [1.807, 2.05) is 12.1 Å². The Labute approximate surface area is 189 Å². The monoisotopic (exact) mass is 620 g/mol. The molecule has 10 heteroatoms. The summed E-state index contributed by atoms with van der Waals surface area (Å²) in [6.07, 6.45) is 1.36. The molecule has 0 radical (unpaired) electrons. The number of aliphatic carboxylic acids is 1. The predicted molar refractivity (Wildman–Crippen MR) is 119 cm³/mol. The molecule has 0 aliphatic heterocycles. The molecule has 3 aromatic rings. The highest BCUT2D eigenvalue weighted by Crippen LogP contribution is 2.28. The zero-order chi connectivity index (χ0) is 20.3. The Morgan fingerprint density at radius 3 is 2.75 bits per heavy atom. The van der Waals surface area contributed by atoms with E-state index in [-0.39, 0.29) is 5.76 Å². The molecule has 0 saturated carbocycles. The molecule has 0 atom stereocenters. The van der Waals surface area contributed by atoms with Crippen molar-refractivity contribution < 1.29 is 23.8 Å². The molecular weight excluding hydrogens is 611 g/mol. The summed E-state index contributed by atoms with van der Waals surface area (Å²) >= 11 is 8.86. The molecule has 3 rings (SSSR count). The number of benzene rings is 2. The van der Waals surface area contributed by atoms with E-state index in [0.717, 1.165) is 17.9 Å². The number of amides is 1. The Balaban J connectivity index is 1.76. The first-order valence-corrected chi connectivity index (χ1v) is 10.4. The van der Waals surface area contributed by atoms with Crippen LogP contribution in [0.15, 0.2) is 54.9 Å². The fourth-order valence-electron chi connectivity index (χ4n) is 2.29. The molecule has 7 nitrogen and oxygen atoms in total. The van der Waals surface area contributed by atoms with Crippen LogP contribution in [0, 0.1) is 3.57 Å². The van der Waals surface area contributed by atoms with Gasteiger partial charge in [-0.05, 0) is 59.0 Å². The van der Waals surface area contributed by atoms with E-state index in [1.165, 1.54) is 6.21 Å². The maximum atomic E-state index is 12.3. The number of nitrogens with zero attached hydrogens (tertiary/aromatic N) is 1. The average Bonchev–Trinajstić information content (AvgIpc) is 3.05. The number of carbonyl (C=O) groups excluding carboxylic acids is 1. The Hall–Kier alpha value is -1.92. The predicted octanol–water partition coefficient (Wildman–Crippen LogP) is 4.79. The van der Waals surface area contributed by atoms with Crippen LogP contribution in [0.5, 0.6) is 5.75 Å². The van der Waals surface area contributed by atoms with Gasteiger partial charge in [0.1, 0.15) is 11.3 Å². The van der Waals surface area contributed by atoms with Gasteiger partial charge in [-0.15, -0.1) is 0 Å². The van der Waals surface area contributed by atoms with E-state index < -0.39 is 18.5 Å². The zero-order valence-corrected chi connectivity index (χ0v) is 19.2. The standard InChI is InChI=1S/C18H11Br2IN2O5/c19-11-1-2-14(27-8-16(24)25)10(4-11)7-22-23-18(26)15-5-9-3-12(20)6-13(21)17(9)28-15/h1-7H,8H2,(H,23,26)(H,24,25)/b22-7-. The van der Waals surface area contributed by atoms with Crippen molar-refractivity contribution in [2.75, 3.05) is 6.61 Å². The van der Waals surface area contributed by atoms with Gasteiger partial charge in [-0.1, -0.05) is 31.9 Å². The summed E-state index contributed by atoms with van der Waals surface area (Å²) in [5, 5.41) is 13.5. The second-order valence-corrected chi connectivity index (χ2v) is 8.47. The fourth-order valence-corrected chi connectivity index (χ4v) is 4.33. The second-order valence-electron chi connectivity index (χ2n) is 5.48. The van der Waals surface area contributed by atoms with Crippen molar-refractivity contribution in [2.24, 2.45) is 5.10 Å². The summed E-state index contributed by atoms with van der Waals surface area (Å²) in [4.78, 5) is 23.0. The summed E-state index contributed by atoms with van der Waals surface area (Å²) in [6, 6.07) is 10.4. The summed E-state index contributed by atoms with van der Waals surface area (Å²) < 4.78 is 13.3. The number of rotatable bonds is 6. The fraction of sp³-hybridized carbons (Fsp3) is 0.0556. The highest BCUT2D eigenvalue weighted by Gasteiger charge is 2.14. The maximum absolute atomic E-state index is 12.3. The van der Waals surface area contributed by atoms with Crippen LogP contribution in [0.3, 0.4) is 0 Å². The maximum Gasteiger partial charge on any atom is 0.341 e. The van der Waals surface area contributed by atoms with Gasteiger partial charge < -0.3 is 14.3 Å². The number of hydrogen-bond acceptors (Lipinski definition) is 5. The molecular formula is C18H11Br2IN2O5. The number of hydrazone groups is 1. The smallest absolute Gasteiger partial charge is 0.341 e. The molecule has 1 heterocycles. The first-order chi connectivity index (χ1) is 13.3. The molecule has 2 N–H and O–H groups in total. The van der Waals surface area contributed by atoms with Crippen LogP contribution < -0.4 is 10.2 Å². The van der Waals surface area contributed by atoms with E-state index in [1.54, 1.807) is 24.3 Å². The lowest BCUT2D eigenvalue weighted by Crippen LogP contribution is -2.17. The molecule has 0 saturated heterocycles. The van der Waals surface area contributed by atoms with Crippen LogP contribution in [-0.2, 0) is 4.79 Å². The normalized spacial score (nSPS) is 11.1. The van der Waals surface area contributed by atoms with Crippen molar-refractivity contribution in [3.8, 4) is 5.75 Å². The number of hydrogen-bond donors (Lipinski definition) is 2. The molecule has 144 valence electrons. The minimum Gasteiger partial charge on any atom is -0.481 e. The van der Waals surface area contributed by atoms with Gasteiger partial charge in [0.05, 0.1) is 9.78 Å². The van der Waals surface area contributed by atoms with Gasteiger partial charge >= 0.3 is 11.9 Å². The van der Waals surface area contributed by atoms with Crippen molar-refractivity contribution >= 4 is 83.5 Å². The van der Waals surface area contributed by atoms with Crippen LogP contribution in [0.4, 0.5) is 0 Å². The average molecular weight is 622 g/mol. The number of ether oxygens (including phenoxy) is 1. The number of nitrogens with one attached hydrogen (secondary N) is 1. The third-order valence-electron chi connectivity index (χ3n) is 3.45. The van der Waals surface area contributed by atoms with Crippen molar-refractivity contribution in [2.45, 2.75) is 0 Å². The SMILES string of the molecule is O=C(O)COc1ccc(Br)cc1/C=N\NC(=O)c1cc2cc(Br)cc(I)c2o1. The van der Waals surface area contributed by atoms with E-state index in [2.05, 4.69) is 65.0 Å². The van der Waals surface area contributed by atoms with E-state index >= 15 is 0 Å². The number of halogens is 3. The Kier molecular flexibility index (Phi) is 6.73. The molecule has 0 spiro atoms. The summed E-state index contributed by atoms with van der Waals surface area (Å²) in [7, 11) is 0. The molecule has 0 bridgehead atoms. The summed E-state index contributed by atoms with van der Waals surface area (Å²) in [6.45, 7) is -0.484. The second kappa shape index (κ2) is 9.05. The van der Waals surface area contributed by atoms with Crippen molar-refractivity contribution in [3.05, 3.63) is 60.2 Å². The Bertz CT molecular complexity index is 1100. The van der Waals surface area contributed by atoms with E-state index in [0.29, 0.717) is 16.9 Å². The van der Waals surface area contributed by atoms with Crippen LogP contribution in [0.1, 0.15) is 16.1 Å². The first kappa shape index (κ1) is 20.8. The number of fused-ring (bicyclic) bond motifs is 1. The number of carboxylic acids is 1. The van der Waals surface area contributed by atoms with Gasteiger partial charge in [-0.2, -0.15) is 5.10 Å². The van der Waals surface area contributed by atoms with Gasteiger partial charge in [0.2, 0.25) is 0 Å². The van der Waals surface area contributed by atoms with Gasteiger partial charge in [-0.3, -0.25) is 4.79 Å². The van der Waals surface area contributed by atoms with Crippen molar-refractivity contribution in [3.63, 3.8) is 0 Å². The minimum absolute atomic E-state index is 0.125. The Morgan fingerprint density at radius 1 is 1.21 bits per heavy atom. The highest BCUT2D eigenvalue weighted by atomic mass is 127. The van der Waals surface area contributed by atoms with Gasteiger partial charge in [0, 0.05) is 19.9 Å². The van der Waals surface area contributed by atoms with Gasteiger partial charge in [-0.25, -0.2) is 10.2 Å².